The third kappa shape index (κ3) is 4.28. The molecule has 1 aliphatic heterocycles. The molecule has 34 heavy (non-hydrogen) atoms. The van der Waals surface area contributed by atoms with Crippen LogP contribution in [0.5, 0.6) is 11.5 Å². The van der Waals surface area contributed by atoms with Gasteiger partial charge in [-0.2, -0.15) is 0 Å². The largest absolute Gasteiger partial charge is 0.497 e. The normalized spacial score (nSPS) is 15.6. The Balaban J connectivity index is 1.96. The van der Waals surface area contributed by atoms with Gasteiger partial charge in [-0.1, -0.05) is 41.2 Å². The lowest BCUT2D eigenvalue weighted by Crippen LogP contribution is -2.39. The highest BCUT2D eigenvalue weighted by Gasteiger charge is 2.33. The molecular weight excluding hydrogens is 452 g/mol. The summed E-state index contributed by atoms with van der Waals surface area (Å²) in [6, 6.07) is 12.5. The molecule has 0 N–H and O–H groups in total. The van der Waals surface area contributed by atoms with Gasteiger partial charge in [0.2, 0.25) is 0 Å². The van der Waals surface area contributed by atoms with Gasteiger partial charge in [0, 0.05) is 5.56 Å². The van der Waals surface area contributed by atoms with Crippen molar-refractivity contribution in [3.8, 4) is 11.5 Å². The zero-order chi connectivity index (χ0) is 24.4. The first kappa shape index (κ1) is 23.5. The van der Waals surface area contributed by atoms with Gasteiger partial charge in [0.1, 0.15) is 11.5 Å². The minimum absolute atomic E-state index is 0.232. The second-order valence-corrected chi connectivity index (χ2v) is 8.83. The predicted molar refractivity (Wildman–Crippen MR) is 131 cm³/mol. The Hall–Kier alpha value is -3.65. The number of allylic oxidation sites excluding steroid dienone is 1. The summed E-state index contributed by atoms with van der Waals surface area (Å²) in [7, 11) is 3.16. The number of ether oxygens (including phenoxy) is 3. The molecule has 1 aliphatic rings. The Labute approximate surface area is 201 Å². The number of aryl methyl sites for hydroxylation is 1. The van der Waals surface area contributed by atoms with E-state index < -0.39 is 12.0 Å². The summed E-state index contributed by atoms with van der Waals surface area (Å²) in [5.41, 5.74) is 3.27. The summed E-state index contributed by atoms with van der Waals surface area (Å²) in [5.74, 6) is 0.793. The quantitative estimate of drug-likeness (QED) is 0.509. The van der Waals surface area contributed by atoms with Crippen LogP contribution >= 0.6 is 11.3 Å². The maximum atomic E-state index is 13.7. The van der Waals surface area contributed by atoms with Crippen molar-refractivity contribution in [2.45, 2.75) is 26.8 Å². The van der Waals surface area contributed by atoms with E-state index in [9.17, 15) is 9.59 Å². The van der Waals surface area contributed by atoms with Crippen LogP contribution in [0.4, 0.5) is 0 Å². The lowest BCUT2D eigenvalue weighted by Gasteiger charge is -2.24. The van der Waals surface area contributed by atoms with E-state index in [4.69, 9.17) is 14.2 Å². The monoisotopic (exact) mass is 478 g/mol. The molecule has 8 heteroatoms. The number of esters is 1. The van der Waals surface area contributed by atoms with Gasteiger partial charge >= 0.3 is 5.97 Å². The van der Waals surface area contributed by atoms with Crippen LogP contribution in [-0.4, -0.2) is 31.4 Å². The van der Waals surface area contributed by atoms with Crippen LogP contribution in [0.1, 0.15) is 36.6 Å². The minimum Gasteiger partial charge on any atom is -0.497 e. The first-order valence-electron chi connectivity index (χ1n) is 10.9. The minimum atomic E-state index is -0.634. The summed E-state index contributed by atoms with van der Waals surface area (Å²) in [6.45, 7) is 5.75. The van der Waals surface area contributed by atoms with Gasteiger partial charge in [-0.25, -0.2) is 9.79 Å². The van der Waals surface area contributed by atoms with Crippen molar-refractivity contribution in [3.63, 3.8) is 0 Å². The van der Waals surface area contributed by atoms with E-state index in [2.05, 4.69) is 4.99 Å². The molecule has 0 fully saturated rings. The van der Waals surface area contributed by atoms with Crippen LogP contribution in [0, 0.1) is 6.92 Å². The number of methoxy groups -OCH3 is 2. The van der Waals surface area contributed by atoms with Gasteiger partial charge < -0.3 is 14.2 Å². The van der Waals surface area contributed by atoms with Crippen LogP contribution in [0.25, 0.3) is 6.08 Å². The fourth-order valence-corrected chi connectivity index (χ4v) is 4.99. The van der Waals surface area contributed by atoms with E-state index in [1.807, 2.05) is 37.3 Å². The number of rotatable bonds is 6. The lowest BCUT2D eigenvalue weighted by molar-refractivity contribution is -0.139. The zero-order valence-electron chi connectivity index (χ0n) is 19.7. The Morgan fingerprint density at radius 1 is 1.12 bits per heavy atom. The van der Waals surface area contributed by atoms with Crippen molar-refractivity contribution < 1.29 is 19.0 Å². The number of carbonyl (C=O) groups is 1. The highest BCUT2D eigenvalue weighted by atomic mass is 32.1. The van der Waals surface area contributed by atoms with Crippen molar-refractivity contribution in [1.29, 1.82) is 0 Å². The molecule has 4 rings (SSSR count). The molecular formula is C26H26N2O5S. The fraction of sp³-hybridized carbons (Fsp3) is 0.269. The summed E-state index contributed by atoms with van der Waals surface area (Å²) in [6.07, 6.45) is 1.76. The van der Waals surface area contributed by atoms with Crippen LogP contribution < -0.4 is 24.4 Å². The van der Waals surface area contributed by atoms with Gasteiger partial charge in [-0.05, 0) is 50.6 Å². The van der Waals surface area contributed by atoms with Crippen LogP contribution in [-0.2, 0) is 9.53 Å². The lowest BCUT2D eigenvalue weighted by atomic mass is 9.95. The number of nitrogens with zero attached hydrogens (tertiary/aromatic N) is 2. The van der Waals surface area contributed by atoms with Crippen molar-refractivity contribution in [3.05, 3.63) is 90.1 Å². The molecule has 1 unspecified atom stereocenters. The number of aromatic nitrogens is 1. The van der Waals surface area contributed by atoms with Gasteiger partial charge in [0.15, 0.2) is 4.80 Å². The molecule has 0 saturated carbocycles. The number of carbonyl (C=O) groups excluding carboxylic acids is 1. The average molecular weight is 479 g/mol. The Morgan fingerprint density at radius 3 is 2.50 bits per heavy atom. The molecule has 0 radical (unpaired) electrons. The third-order valence-corrected chi connectivity index (χ3v) is 6.62. The van der Waals surface area contributed by atoms with Gasteiger partial charge in [-0.15, -0.1) is 0 Å². The summed E-state index contributed by atoms with van der Waals surface area (Å²) < 4.78 is 18.2. The van der Waals surface area contributed by atoms with E-state index >= 15 is 0 Å². The first-order valence-corrected chi connectivity index (χ1v) is 11.7. The molecule has 1 aromatic heterocycles. The fourth-order valence-electron chi connectivity index (χ4n) is 3.95. The van der Waals surface area contributed by atoms with E-state index in [-0.39, 0.29) is 12.2 Å². The molecule has 2 aromatic carbocycles. The summed E-state index contributed by atoms with van der Waals surface area (Å²) >= 11 is 1.27. The molecule has 0 aliphatic carbocycles. The Bertz CT molecular complexity index is 1450. The van der Waals surface area contributed by atoms with E-state index in [0.717, 1.165) is 11.1 Å². The molecule has 176 valence electrons. The maximum absolute atomic E-state index is 13.7. The molecule has 0 saturated heterocycles. The number of benzene rings is 2. The van der Waals surface area contributed by atoms with E-state index in [1.165, 1.54) is 11.3 Å². The smallest absolute Gasteiger partial charge is 0.338 e. The number of fused-ring (bicyclic) bond motifs is 1. The molecule has 7 nitrogen and oxygen atoms in total. The molecule has 3 aromatic rings. The number of hydrogen-bond donors (Lipinski definition) is 0. The third-order valence-electron chi connectivity index (χ3n) is 5.63. The van der Waals surface area contributed by atoms with Crippen LogP contribution in [0.2, 0.25) is 0 Å². The van der Waals surface area contributed by atoms with Crippen molar-refractivity contribution in [2.75, 3.05) is 20.8 Å². The van der Waals surface area contributed by atoms with Crippen molar-refractivity contribution in [1.82, 2.24) is 4.57 Å². The van der Waals surface area contributed by atoms with Gasteiger partial charge in [0.05, 0.1) is 42.7 Å². The number of thiazole rings is 1. The van der Waals surface area contributed by atoms with Gasteiger partial charge in [0.25, 0.3) is 5.56 Å². The highest BCUT2D eigenvalue weighted by molar-refractivity contribution is 7.07. The maximum Gasteiger partial charge on any atom is 0.338 e. The Morgan fingerprint density at radius 2 is 1.85 bits per heavy atom. The molecule has 0 amide bonds. The molecule has 1 atom stereocenters. The topological polar surface area (TPSA) is 79.1 Å². The zero-order valence-corrected chi connectivity index (χ0v) is 20.6. The second-order valence-electron chi connectivity index (χ2n) is 7.82. The predicted octanol–water partition coefficient (Wildman–Crippen LogP) is 3.12. The summed E-state index contributed by atoms with van der Waals surface area (Å²) in [4.78, 5) is 31.8. The number of hydrogen-bond acceptors (Lipinski definition) is 7. The average Bonchev–Trinajstić information content (AvgIpc) is 3.13. The van der Waals surface area contributed by atoms with Crippen LogP contribution in [0.15, 0.2) is 63.5 Å². The Kier molecular flexibility index (Phi) is 6.70. The van der Waals surface area contributed by atoms with E-state index in [1.54, 1.807) is 50.8 Å². The van der Waals surface area contributed by atoms with Crippen molar-refractivity contribution in [2.24, 2.45) is 4.99 Å². The van der Waals surface area contributed by atoms with E-state index in [0.29, 0.717) is 37.7 Å². The molecule has 2 heterocycles. The summed E-state index contributed by atoms with van der Waals surface area (Å²) in [5, 5.41) is 0. The second kappa shape index (κ2) is 9.69. The first-order chi connectivity index (χ1) is 16.4. The standard InChI is InChI=1S/C26H26N2O5S/c1-6-33-25(30)22-16(3)27-26-28(23(22)17-9-7-15(2)8-10-17)24(29)21(34-26)14-18-13-19(31-4)11-12-20(18)32-5/h7-14,23H,6H2,1-5H3. The highest BCUT2D eigenvalue weighted by Crippen LogP contribution is 2.31. The van der Waals surface area contributed by atoms with Gasteiger partial charge in [-0.3, -0.25) is 9.36 Å². The molecule has 0 spiro atoms. The van der Waals surface area contributed by atoms with Crippen molar-refractivity contribution >= 4 is 23.4 Å². The molecule has 0 bridgehead atoms. The van der Waals surface area contributed by atoms with Crippen LogP contribution in [0.3, 0.4) is 0 Å². The SMILES string of the molecule is CCOC(=O)C1=C(C)N=c2sc(=Cc3cc(OC)ccc3OC)c(=O)n2C1c1ccc(C)cc1.